The van der Waals surface area contributed by atoms with Crippen molar-refractivity contribution in [3.8, 4) is 0 Å². The number of nitrogens with zero attached hydrogens (tertiary/aromatic N) is 1. The van der Waals surface area contributed by atoms with E-state index in [1.165, 1.54) is 12.8 Å². The van der Waals surface area contributed by atoms with Crippen LogP contribution in [-0.4, -0.2) is 28.9 Å². The van der Waals surface area contributed by atoms with Gasteiger partial charge in [-0.2, -0.15) is 0 Å². The highest BCUT2D eigenvalue weighted by Crippen LogP contribution is 2.16. The van der Waals surface area contributed by atoms with Crippen molar-refractivity contribution in [2.45, 2.75) is 45.4 Å². The predicted molar refractivity (Wildman–Crippen MR) is 70.2 cm³/mol. The average molecular weight is 242 g/mol. The molecule has 1 aliphatic heterocycles. The maximum atomic E-state index is 12.2. The van der Waals surface area contributed by atoms with Gasteiger partial charge in [0.1, 0.15) is 0 Å². The van der Waals surface area contributed by atoms with Gasteiger partial charge in [-0.1, -0.05) is 38.4 Å². The van der Waals surface area contributed by atoms with Crippen LogP contribution < -0.4 is 5.73 Å². The molecular weight excluding hydrogens is 220 g/mol. The van der Waals surface area contributed by atoms with Gasteiger partial charge in [0.25, 0.3) is 0 Å². The maximum absolute atomic E-state index is 12.2. The van der Waals surface area contributed by atoms with Gasteiger partial charge in [0.15, 0.2) is 0 Å². The van der Waals surface area contributed by atoms with Gasteiger partial charge in [0, 0.05) is 13.1 Å². The number of carbonyl (C=O) groups excluding carboxylic acids is 1. The van der Waals surface area contributed by atoms with E-state index in [0.717, 1.165) is 38.8 Å². The molecule has 1 atom stereocenters. The van der Waals surface area contributed by atoms with E-state index in [2.05, 4.69) is 6.92 Å². The molecule has 0 aromatic heterocycles. The van der Waals surface area contributed by atoms with Crippen LogP contribution in [0.1, 0.15) is 45.4 Å². The SMILES string of the molecule is CCCC(C(=O)N1CCCCCC1)C(N)=S. The van der Waals surface area contributed by atoms with Crippen molar-refractivity contribution in [2.75, 3.05) is 13.1 Å². The summed E-state index contributed by atoms with van der Waals surface area (Å²) in [5.74, 6) is -0.0886. The Morgan fingerprint density at radius 2 is 1.88 bits per heavy atom. The van der Waals surface area contributed by atoms with E-state index in [1.54, 1.807) is 0 Å². The van der Waals surface area contributed by atoms with Crippen LogP contribution in [0.3, 0.4) is 0 Å². The minimum Gasteiger partial charge on any atom is -0.393 e. The fraction of sp³-hybridized carbons (Fsp3) is 0.833. The van der Waals surface area contributed by atoms with Crippen molar-refractivity contribution in [3.05, 3.63) is 0 Å². The van der Waals surface area contributed by atoms with Gasteiger partial charge < -0.3 is 10.6 Å². The third-order valence-electron chi connectivity index (χ3n) is 3.14. The first-order valence-corrected chi connectivity index (χ1v) is 6.65. The van der Waals surface area contributed by atoms with Crippen LogP contribution in [0.5, 0.6) is 0 Å². The predicted octanol–water partition coefficient (Wildman–Crippen LogP) is 2.09. The second-order valence-electron chi connectivity index (χ2n) is 4.48. The number of hydrogen-bond acceptors (Lipinski definition) is 2. The third-order valence-corrected chi connectivity index (χ3v) is 3.42. The molecule has 92 valence electrons. The first-order valence-electron chi connectivity index (χ1n) is 6.25. The summed E-state index contributed by atoms with van der Waals surface area (Å²) in [6.45, 7) is 3.81. The second kappa shape index (κ2) is 6.84. The summed E-state index contributed by atoms with van der Waals surface area (Å²) in [6.07, 6.45) is 6.42. The summed E-state index contributed by atoms with van der Waals surface area (Å²) >= 11 is 4.99. The molecule has 0 aliphatic carbocycles. The fourth-order valence-corrected chi connectivity index (χ4v) is 2.41. The summed E-state index contributed by atoms with van der Waals surface area (Å²) in [6, 6.07) is 0. The maximum Gasteiger partial charge on any atom is 0.232 e. The molecule has 0 aromatic carbocycles. The number of hydrogen-bond donors (Lipinski definition) is 1. The van der Waals surface area contributed by atoms with Gasteiger partial charge in [-0.15, -0.1) is 0 Å². The molecule has 0 saturated carbocycles. The van der Waals surface area contributed by atoms with Crippen LogP contribution in [0, 0.1) is 5.92 Å². The Hall–Kier alpha value is -0.640. The lowest BCUT2D eigenvalue weighted by atomic mass is 10.0. The van der Waals surface area contributed by atoms with E-state index in [0.29, 0.717) is 4.99 Å². The zero-order chi connectivity index (χ0) is 12.0. The Morgan fingerprint density at radius 1 is 1.31 bits per heavy atom. The summed E-state index contributed by atoms with van der Waals surface area (Å²) < 4.78 is 0. The molecule has 1 heterocycles. The standard InChI is InChI=1S/C12H22N2OS/c1-2-7-10(11(13)16)12(15)14-8-5-3-4-6-9-14/h10H,2-9H2,1H3,(H2,13,16). The molecule has 4 heteroatoms. The van der Waals surface area contributed by atoms with Gasteiger partial charge in [0.05, 0.1) is 10.9 Å². The Bertz CT molecular complexity index is 247. The third kappa shape index (κ3) is 3.74. The van der Waals surface area contributed by atoms with E-state index in [-0.39, 0.29) is 11.8 Å². The molecule has 2 N–H and O–H groups in total. The lowest BCUT2D eigenvalue weighted by molar-refractivity contribution is -0.133. The first kappa shape index (κ1) is 13.4. The molecule has 0 aromatic rings. The zero-order valence-electron chi connectivity index (χ0n) is 10.1. The van der Waals surface area contributed by atoms with Crippen LogP contribution in [0.25, 0.3) is 0 Å². The van der Waals surface area contributed by atoms with Crippen molar-refractivity contribution < 1.29 is 4.79 Å². The molecule has 1 fully saturated rings. The molecule has 0 spiro atoms. The molecule has 0 bridgehead atoms. The Labute approximate surface area is 103 Å². The largest absolute Gasteiger partial charge is 0.393 e. The highest BCUT2D eigenvalue weighted by molar-refractivity contribution is 7.80. The monoisotopic (exact) mass is 242 g/mol. The molecule has 1 saturated heterocycles. The van der Waals surface area contributed by atoms with Crippen LogP contribution in [0.2, 0.25) is 0 Å². The van der Waals surface area contributed by atoms with E-state index < -0.39 is 0 Å². The summed E-state index contributed by atoms with van der Waals surface area (Å²) in [4.78, 5) is 14.5. The number of carbonyl (C=O) groups is 1. The summed E-state index contributed by atoms with van der Waals surface area (Å²) in [7, 11) is 0. The fourth-order valence-electron chi connectivity index (χ4n) is 2.19. The van der Waals surface area contributed by atoms with E-state index in [9.17, 15) is 4.79 Å². The molecule has 1 rings (SSSR count). The number of amides is 1. The molecule has 16 heavy (non-hydrogen) atoms. The normalized spacial score (nSPS) is 18.9. The van der Waals surface area contributed by atoms with Gasteiger partial charge in [0.2, 0.25) is 5.91 Å². The molecule has 3 nitrogen and oxygen atoms in total. The Balaban J connectivity index is 2.60. The highest BCUT2D eigenvalue weighted by atomic mass is 32.1. The van der Waals surface area contributed by atoms with Crippen molar-refractivity contribution in [1.82, 2.24) is 4.90 Å². The number of thiocarbonyl (C=S) groups is 1. The lowest BCUT2D eigenvalue weighted by Gasteiger charge is -2.25. The van der Waals surface area contributed by atoms with E-state index in [1.807, 2.05) is 4.90 Å². The number of nitrogens with two attached hydrogens (primary N) is 1. The topological polar surface area (TPSA) is 46.3 Å². The minimum absolute atomic E-state index is 0.149. The molecule has 1 amide bonds. The van der Waals surface area contributed by atoms with Crippen molar-refractivity contribution in [2.24, 2.45) is 11.7 Å². The smallest absolute Gasteiger partial charge is 0.232 e. The van der Waals surface area contributed by atoms with Crippen LogP contribution in [0.4, 0.5) is 0 Å². The van der Waals surface area contributed by atoms with Gasteiger partial charge >= 0.3 is 0 Å². The van der Waals surface area contributed by atoms with Crippen molar-refractivity contribution in [1.29, 1.82) is 0 Å². The first-order chi connectivity index (χ1) is 7.66. The van der Waals surface area contributed by atoms with Gasteiger partial charge in [-0.25, -0.2) is 0 Å². The lowest BCUT2D eigenvalue weighted by Crippen LogP contribution is -2.41. The molecule has 1 aliphatic rings. The van der Waals surface area contributed by atoms with Gasteiger partial charge in [-0.3, -0.25) is 4.79 Å². The molecule has 1 unspecified atom stereocenters. The van der Waals surface area contributed by atoms with Crippen LogP contribution in [-0.2, 0) is 4.79 Å². The molecular formula is C12H22N2OS. The van der Waals surface area contributed by atoms with E-state index in [4.69, 9.17) is 18.0 Å². The quantitative estimate of drug-likeness (QED) is 0.768. The Morgan fingerprint density at radius 3 is 2.31 bits per heavy atom. The van der Waals surface area contributed by atoms with Crippen LogP contribution >= 0.6 is 12.2 Å². The average Bonchev–Trinajstić information content (AvgIpc) is 2.53. The number of rotatable bonds is 4. The minimum atomic E-state index is -0.238. The summed E-state index contributed by atoms with van der Waals surface area (Å²) in [5.41, 5.74) is 5.65. The van der Waals surface area contributed by atoms with Crippen molar-refractivity contribution >= 4 is 23.1 Å². The zero-order valence-corrected chi connectivity index (χ0v) is 10.9. The van der Waals surface area contributed by atoms with Crippen LogP contribution in [0.15, 0.2) is 0 Å². The Kier molecular flexibility index (Phi) is 5.74. The second-order valence-corrected chi connectivity index (χ2v) is 4.95. The highest BCUT2D eigenvalue weighted by Gasteiger charge is 2.26. The van der Waals surface area contributed by atoms with E-state index >= 15 is 0 Å². The summed E-state index contributed by atoms with van der Waals surface area (Å²) in [5, 5.41) is 0. The van der Waals surface area contributed by atoms with Gasteiger partial charge in [-0.05, 0) is 19.3 Å². The molecule has 0 radical (unpaired) electrons. The van der Waals surface area contributed by atoms with Crippen molar-refractivity contribution in [3.63, 3.8) is 0 Å². The number of likely N-dealkylation sites (tertiary alicyclic amines) is 1.